The molecule has 1 aromatic heterocycles. The van der Waals surface area contributed by atoms with Crippen LogP contribution in [0.5, 0.6) is 11.5 Å². The van der Waals surface area contributed by atoms with Gasteiger partial charge in [-0.15, -0.1) is 0 Å². The average molecular weight is 453 g/mol. The Morgan fingerprint density at radius 1 is 1.15 bits per heavy atom. The predicted octanol–water partition coefficient (Wildman–Crippen LogP) is 3.94. The van der Waals surface area contributed by atoms with Crippen molar-refractivity contribution in [1.82, 2.24) is 4.98 Å². The maximum Gasteiger partial charge on any atom is 0.229 e. The first-order chi connectivity index (χ1) is 15.9. The van der Waals surface area contributed by atoms with Gasteiger partial charge in [0, 0.05) is 54.4 Å². The lowest BCUT2D eigenvalue weighted by molar-refractivity contribution is -0.122. The number of hydrogen-bond donors (Lipinski definition) is 1. The highest BCUT2D eigenvalue weighted by Crippen LogP contribution is 2.32. The fourth-order valence-electron chi connectivity index (χ4n) is 3.58. The number of ether oxygens (including phenoxy) is 2. The molecule has 0 saturated carbocycles. The van der Waals surface area contributed by atoms with Gasteiger partial charge in [-0.2, -0.15) is 0 Å². The second-order valence-corrected chi connectivity index (χ2v) is 7.54. The first-order valence-corrected chi connectivity index (χ1v) is 10.2. The summed E-state index contributed by atoms with van der Waals surface area (Å²) in [5, 5.41) is 2.78. The number of amides is 2. The lowest BCUT2D eigenvalue weighted by Crippen LogP contribution is -2.28. The van der Waals surface area contributed by atoms with E-state index in [0.29, 0.717) is 17.2 Å². The Morgan fingerprint density at radius 3 is 2.64 bits per heavy atom. The van der Waals surface area contributed by atoms with Gasteiger partial charge in [0.15, 0.2) is 11.5 Å². The second-order valence-electron chi connectivity index (χ2n) is 7.54. The number of halogens is 2. The van der Waals surface area contributed by atoms with Crippen LogP contribution < -0.4 is 19.7 Å². The molecule has 1 atom stereocenters. The van der Waals surface area contributed by atoms with E-state index in [-0.39, 0.29) is 37.1 Å². The second kappa shape index (κ2) is 9.64. The van der Waals surface area contributed by atoms with E-state index >= 15 is 0 Å². The summed E-state index contributed by atoms with van der Waals surface area (Å²) < 4.78 is 38.2. The molecule has 1 saturated heterocycles. The molecule has 2 amide bonds. The highest BCUT2D eigenvalue weighted by atomic mass is 19.1. The van der Waals surface area contributed by atoms with Crippen molar-refractivity contribution in [2.75, 3.05) is 23.9 Å². The number of anilines is 2. The molecule has 7 nitrogen and oxygen atoms in total. The number of rotatable bonds is 7. The van der Waals surface area contributed by atoms with E-state index in [1.165, 1.54) is 12.0 Å². The van der Waals surface area contributed by atoms with Crippen molar-refractivity contribution in [1.29, 1.82) is 0 Å². The first kappa shape index (κ1) is 22.2. The summed E-state index contributed by atoms with van der Waals surface area (Å²) in [6, 6.07) is 11.5. The Labute approximate surface area is 189 Å². The molecule has 170 valence electrons. The number of carbonyl (C=O) groups is 2. The van der Waals surface area contributed by atoms with Crippen LogP contribution in [0.15, 0.2) is 60.9 Å². The standard InChI is InChI=1S/C24H21F2N3O4/c1-32-21-5-4-19(11-22(21)33-14-15-3-2-6-27-12-15)28-24(31)16-7-23(30)29(13-16)20-9-17(25)8-18(26)10-20/h2-6,8-12,16H,7,13-14H2,1H3,(H,28,31). The highest BCUT2D eigenvalue weighted by Gasteiger charge is 2.35. The quantitative estimate of drug-likeness (QED) is 0.586. The normalized spacial score (nSPS) is 15.4. The van der Waals surface area contributed by atoms with Gasteiger partial charge in [0.05, 0.1) is 13.0 Å². The van der Waals surface area contributed by atoms with E-state index in [1.54, 1.807) is 36.7 Å². The van der Waals surface area contributed by atoms with Crippen LogP contribution in [0.2, 0.25) is 0 Å². The summed E-state index contributed by atoms with van der Waals surface area (Å²) in [6.45, 7) is 0.284. The number of methoxy groups -OCH3 is 1. The molecule has 2 heterocycles. The van der Waals surface area contributed by atoms with Gasteiger partial charge in [0.1, 0.15) is 18.2 Å². The molecule has 33 heavy (non-hydrogen) atoms. The minimum atomic E-state index is -0.789. The third-order valence-corrected chi connectivity index (χ3v) is 5.20. The summed E-state index contributed by atoms with van der Waals surface area (Å²) in [5.41, 5.74) is 1.42. The lowest BCUT2D eigenvalue weighted by Gasteiger charge is -2.17. The molecule has 0 spiro atoms. The Morgan fingerprint density at radius 2 is 1.94 bits per heavy atom. The smallest absolute Gasteiger partial charge is 0.229 e. The van der Waals surface area contributed by atoms with Gasteiger partial charge in [-0.1, -0.05) is 6.07 Å². The Kier molecular flexibility index (Phi) is 6.48. The SMILES string of the molecule is COc1ccc(NC(=O)C2CC(=O)N(c3cc(F)cc(F)c3)C2)cc1OCc1cccnc1. The number of benzene rings is 2. The Hall–Kier alpha value is -4.01. The fourth-order valence-corrected chi connectivity index (χ4v) is 3.58. The topological polar surface area (TPSA) is 80.8 Å². The number of nitrogens with zero attached hydrogens (tertiary/aromatic N) is 2. The zero-order chi connectivity index (χ0) is 23.4. The van der Waals surface area contributed by atoms with Gasteiger partial charge in [-0.05, 0) is 30.3 Å². The van der Waals surface area contributed by atoms with Crippen LogP contribution in [-0.4, -0.2) is 30.5 Å². The van der Waals surface area contributed by atoms with E-state index in [4.69, 9.17) is 9.47 Å². The average Bonchev–Trinajstić information content (AvgIpc) is 3.20. The number of carbonyl (C=O) groups excluding carboxylic acids is 2. The van der Waals surface area contributed by atoms with Gasteiger partial charge in [-0.25, -0.2) is 8.78 Å². The largest absolute Gasteiger partial charge is 0.493 e. The molecule has 1 N–H and O–H groups in total. The fraction of sp³-hybridized carbons (Fsp3) is 0.208. The van der Waals surface area contributed by atoms with E-state index in [0.717, 1.165) is 23.8 Å². The maximum atomic E-state index is 13.5. The van der Waals surface area contributed by atoms with Crippen LogP contribution in [-0.2, 0) is 16.2 Å². The molecule has 1 unspecified atom stereocenters. The molecule has 2 aromatic carbocycles. The molecule has 3 aromatic rings. The molecule has 0 radical (unpaired) electrons. The van der Waals surface area contributed by atoms with Crippen molar-refractivity contribution in [2.45, 2.75) is 13.0 Å². The zero-order valence-electron chi connectivity index (χ0n) is 17.8. The van der Waals surface area contributed by atoms with Crippen molar-refractivity contribution >= 4 is 23.2 Å². The number of hydrogen-bond acceptors (Lipinski definition) is 5. The monoisotopic (exact) mass is 453 g/mol. The van der Waals surface area contributed by atoms with E-state index in [2.05, 4.69) is 10.3 Å². The predicted molar refractivity (Wildman–Crippen MR) is 117 cm³/mol. The molecular formula is C24H21F2N3O4. The summed E-state index contributed by atoms with van der Waals surface area (Å²) in [7, 11) is 1.51. The lowest BCUT2D eigenvalue weighted by atomic mass is 10.1. The van der Waals surface area contributed by atoms with Crippen LogP contribution in [0.3, 0.4) is 0 Å². The van der Waals surface area contributed by atoms with Crippen LogP contribution in [0.25, 0.3) is 0 Å². The molecule has 1 aliphatic rings. The first-order valence-electron chi connectivity index (χ1n) is 10.2. The van der Waals surface area contributed by atoms with Crippen LogP contribution in [0.4, 0.5) is 20.2 Å². The summed E-state index contributed by atoms with van der Waals surface area (Å²) >= 11 is 0. The molecule has 1 aliphatic heterocycles. The van der Waals surface area contributed by atoms with Crippen LogP contribution >= 0.6 is 0 Å². The molecule has 4 rings (SSSR count). The van der Waals surface area contributed by atoms with Crippen molar-refractivity contribution in [3.63, 3.8) is 0 Å². The number of nitrogens with one attached hydrogen (secondary N) is 1. The molecule has 9 heteroatoms. The van der Waals surface area contributed by atoms with Gasteiger partial charge in [0.2, 0.25) is 11.8 Å². The van der Waals surface area contributed by atoms with E-state index < -0.39 is 17.6 Å². The highest BCUT2D eigenvalue weighted by molar-refractivity contribution is 6.03. The summed E-state index contributed by atoms with van der Waals surface area (Å²) in [5.74, 6) is -2.09. The number of pyridine rings is 1. The van der Waals surface area contributed by atoms with Crippen LogP contribution in [0, 0.1) is 17.6 Å². The van der Waals surface area contributed by atoms with E-state index in [9.17, 15) is 18.4 Å². The maximum absolute atomic E-state index is 13.5. The minimum absolute atomic E-state index is 0.0219. The number of aromatic nitrogens is 1. The molecule has 0 aliphatic carbocycles. The summed E-state index contributed by atoms with van der Waals surface area (Å²) in [4.78, 5) is 30.4. The van der Waals surface area contributed by atoms with Crippen molar-refractivity contribution in [3.05, 3.63) is 78.1 Å². The van der Waals surface area contributed by atoms with Gasteiger partial charge in [0.25, 0.3) is 0 Å². The molecule has 0 bridgehead atoms. The van der Waals surface area contributed by atoms with Crippen molar-refractivity contribution in [2.24, 2.45) is 5.92 Å². The third kappa shape index (κ3) is 5.25. The van der Waals surface area contributed by atoms with Crippen molar-refractivity contribution < 1.29 is 27.8 Å². The Bertz CT molecular complexity index is 1150. The molecule has 1 fully saturated rings. The third-order valence-electron chi connectivity index (χ3n) is 5.20. The minimum Gasteiger partial charge on any atom is -0.493 e. The summed E-state index contributed by atoms with van der Waals surface area (Å²) in [6.07, 6.45) is 3.29. The van der Waals surface area contributed by atoms with Crippen molar-refractivity contribution in [3.8, 4) is 11.5 Å². The molecular weight excluding hydrogens is 432 g/mol. The van der Waals surface area contributed by atoms with E-state index in [1.807, 2.05) is 6.07 Å². The van der Waals surface area contributed by atoms with Crippen LogP contribution in [0.1, 0.15) is 12.0 Å². The van der Waals surface area contributed by atoms with Gasteiger partial charge >= 0.3 is 0 Å². The van der Waals surface area contributed by atoms with Gasteiger partial charge < -0.3 is 19.7 Å². The zero-order valence-corrected chi connectivity index (χ0v) is 17.8. The van der Waals surface area contributed by atoms with Gasteiger partial charge in [-0.3, -0.25) is 14.6 Å². The Balaban J connectivity index is 1.44.